The fourth-order valence-electron chi connectivity index (χ4n) is 3.92. The molecule has 1 aromatic heterocycles. The van der Waals surface area contributed by atoms with Crippen LogP contribution in [0.15, 0.2) is 36.4 Å². The molecule has 8 nitrogen and oxygen atoms in total. The molecule has 200 valence electrons. The lowest BCUT2D eigenvalue weighted by molar-refractivity contribution is -0.159. The van der Waals surface area contributed by atoms with Crippen molar-refractivity contribution < 1.29 is 24.2 Å². The maximum absolute atomic E-state index is 13.5. The first-order valence-electron chi connectivity index (χ1n) is 12.3. The van der Waals surface area contributed by atoms with Gasteiger partial charge in [0.2, 0.25) is 0 Å². The van der Waals surface area contributed by atoms with Crippen LogP contribution in [0.2, 0.25) is 5.02 Å². The van der Waals surface area contributed by atoms with Crippen LogP contribution in [0.1, 0.15) is 67.9 Å². The molecule has 0 aliphatic rings. The third-order valence-corrected chi connectivity index (χ3v) is 5.55. The lowest BCUT2D eigenvalue weighted by atomic mass is 10.0. The molecule has 0 radical (unpaired) electrons. The van der Waals surface area contributed by atoms with Gasteiger partial charge in [-0.05, 0) is 84.2 Å². The number of amides is 1. The average Bonchev–Trinajstić information content (AvgIpc) is 3.09. The Balaban J connectivity index is 2.21. The minimum atomic E-state index is -0.720. The summed E-state index contributed by atoms with van der Waals surface area (Å²) in [7, 11) is 0. The summed E-state index contributed by atoms with van der Waals surface area (Å²) in [6.07, 6.45) is -0.113. The number of carbonyl (C=O) groups is 2. The maximum atomic E-state index is 13.5. The zero-order valence-electron chi connectivity index (χ0n) is 22.7. The van der Waals surface area contributed by atoms with E-state index < -0.39 is 29.3 Å². The molecule has 0 spiro atoms. The number of rotatable bonds is 6. The number of hydrogen-bond acceptors (Lipinski definition) is 6. The van der Waals surface area contributed by atoms with Crippen LogP contribution < -0.4 is 5.32 Å². The van der Waals surface area contributed by atoms with Crippen LogP contribution in [0.3, 0.4) is 0 Å². The summed E-state index contributed by atoms with van der Waals surface area (Å²) in [5.74, 6) is -0.0238. The molecule has 0 aliphatic heterocycles. The van der Waals surface area contributed by atoms with E-state index >= 15 is 0 Å². The number of ether oxygens (including phenoxy) is 2. The van der Waals surface area contributed by atoms with Gasteiger partial charge in [-0.3, -0.25) is 5.32 Å². The van der Waals surface area contributed by atoms with Gasteiger partial charge < -0.3 is 19.1 Å². The average molecular weight is 530 g/mol. The number of carbonyl (C=O) groups excluding carboxylic acids is 2. The second-order valence-electron chi connectivity index (χ2n) is 11.5. The van der Waals surface area contributed by atoms with Crippen molar-refractivity contribution in [1.82, 2.24) is 9.55 Å². The van der Waals surface area contributed by atoms with Crippen molar-refractivity contribution >= 4 is 40.4 Å². The summed E-state index contributed by atoms with van der Waals surface area (Å²) in [5.41, 5.74) is 0.672. The SMILES string of the molecule is CC(C)CC(C(=O)OC(C)(C)C)n1c(-c2cccc(Cl)c2O)nc2cc(NC(=O)OC(C)(C)C)ccc21. The van der Waals surface area contributed by atoms with E-state index in [2.05, 4.69) is 5.32 Å². The minimum Gasteiger partial charge on any atom is -0.506 e. The number of aromatic nitrogens is 2. The number of para-hydroxylation sites is 1. The topological polar surface area (TPSA) is 103 Å². The highest BCUT2D eigenvalue weighted by atomic mass is 35.5. The first kappa shape index (κ1) is 28.3. The number of anilines is 1. The second kappa shape index (κ2) is 10.6. The number of benzene rings is 2. The number of hydrogen-bond donors (Lipinski definition) is 2. The summed E-state index contributed by atoms with van der Waals surface area (Å²) < 4.78 is 12.9. The van der Waals surface area contributed by atoms with Crippen LogP contribution in [-0.2, 0) is 14.3 Å². The van der Waals surface area contributed by atoms with E-state index in [1.165, 1.54) is 0 Å². The number of nitrogens with one attached hydrogen (secondary N) is 1. The van der Waals surface area contributed by atoms with Gasteiger partial charge in [0, 0.05) is 5.69 Å². The number of halogens is 1. The molecule has 0 aliphatic carbocycles. The Bertz CT molecular complexity index is 1300. The molecule has 3 aromatic rings. The molecule has 1 amide bonds. The minimum absolute atomic E-state index is 0.139. The standard InChI is InChI=1S/C28H36ClN3O5/c1-16(2)14-22(25(34)36-27(3,4)5)32-21-13-12-17(30-26(35)37-28(6,7)8)15-20(21)31-24(32)18-10-9-11-19(29)23(18)33/h9-13,15-16,22,33H,14H2,1-8H3,(H,30,35). The van der Waals surface area contributed by atoms with Crippen LogP contribution >= 0.6 is 11.6 Å². The first-order valence-corrected chi connectivity index (χ1v) is 12.7. The van der Waals surface area contributed by atoms with Gasteiger partial charge in [0.1, 0.15) is 28.8 Å². The second-order valence-corrected chi connectivity index (χ2v) is 11.9. The summed E-state index contributed by atoms with van der Waals surface area (Å²) in [6.45, 7) is 14.9. The van der Waals surface area contributed by atoms with Crippen molar-refractivity contribution in [2.75, 3.05) is 5.32 Å². The zero-order chi connectivity index (χ0) is 27.7. The van der Waals surface area contributed by atoms with Gasteiger partial charge in [-0.25, -0.2) is 14.6 Å². The van der Waals surface area contributed by atoms with E-state index in [-0.39, 0.29) is 16.7 Å². The van der Waals surface area contributed by atoms with E-state index in [1.54, 1.807) is 61.7 Å². The summed E-state index contributed by atoms with van der Waals surface area (Å²) in [6, 6.07) is 9.45. The highest BCUT2D eigenvalue weighted by Crippen LogP contribution is 2.39. The first-order chi connectivity index (χ1) is 17.1. The van der Waals surface area contributed by atoms with Gasteiger partial charge in [0.05, 0.1) is 21.6 Å². The number of esters is 1. The molecule has 3 rings (SSSR count). The van der Waals surface area contributed by atoms with Crippen LogP contribution in [0.25, 0.3) is 22.4 Å². The Kier molecular flexibility index (Phi) is 8.12. The van der Waals surface area contributed by atoms with Crippen molar-refractivity contribution in [3.63, 3.8) is 0 Å². The number of phenols is 1. The van der Waals surface area contributed by atoms with Crippen molar-refractivity contribution in [2.45, 2.75) is 79.1 Å². The van der Waals surface area contributed by atoms with Gasteiger partial charge in [-0.1, -0.05) is 31.5 Å². The van der Waals surface area contributed by atoms with Gasteiger partial charge in [0.25, 0.3) is 0 Å². The molecule has 9 heteroatoms. The zero-order valence-corrected chi connectivity index (χ0v) is 23.4. The molecule has 1 heterocycles. The Morgan fingerprint density at radius 1 is 1.05 bits per heavy atom. The van der Waals surface area contributed by atoms with Crippen molar-refractivity contribution in [1.29, 1.82) is 0 Å². The Morgan fingerprint density at radius 3 is 2.30 bits per heavy atom. The molecule has 2 aromatic carbocycles. The smallest absolute Gasteiger partial charge is 0.412 e. The van der Waals surface area contributed by atoms with Gasteiger partial charge in [-0.15, -0.1) is 0 Å². The summed E-state index contributed by atoms with van der Waals surface area (Å²) in [4.78, 5) is 30.6. The highest BCUT2D eigenvalue weighted by Gasteiger charge is 2.32. The molecule has 1 unspecified atom stereocenters. The third-order valence-electron chi connectivity index (χ3n) is 5.25. The van der Waals surface area contributed by atoms with E-state index in [9.17, 15) is 14.7 Å². The molecular formula is C28H36ClN3O5. The largest absolute Gasteiger partial charge is 0.506 e. The summed E-state index contributed by atoms with van der Waals surface area (Å²) in [5, 5.41) is 13.7. The van der Waals surface area contributed by atoms with E-state index in [1.807, 2.05) is 34.6 Å². The molecule has 0 fully saturated rings. The monoisotopic (exact) mass is 529 g/mol. The number of aromatic hydroxyl groups is 1. The van der Waals surface area contributed by atoms with Crippen LogP contribution in [0, 0.1) is 5.92 Å². The molecule has 1 atom stereocenters. The molecule has 37 heavy (non-hydrogen) atoms. The molecule has 0 saturated heterocycles. The lowest BCUT2D eigenvalue weighted by Gasteiger charge is -2.27. The third kappa shape index (κ3) is 7.16. The van der Waals surface area contributed by atoms with Crippen molar-refractivity contribution in [3.8, 4) is 17.1 Å². The molecule has 2 N–H and O–H groups in total. The fraction of sp³-hybridized carbons (Fsp3) is 0.464. The fourth-order valence-corrected chi connectivity index (χ4v) is 4.10. The molecule has 0 bridgehead atoms. The number of phenolic OH excluding ortho intramolecular Hbond substituents is 1. The molecule has 0 saturated carbocycles. The Hall–Kier alpha value is -3.26. The van der Waals surface area contributed by atoms with Gasteiger partial charge >= 0.3 is 12.1 Å². The van der Waals surface area contributed by atoms with E-state index in [0.717, 1.165) is 0 Å². The Labute approximate surface area is 222 Å². The summed E-state index contributed by atoms with van der Waals surface area (Å²) >= 11 is 6.22. The number of imidazole rings is 1. The lowest BCUT2D eigenvalue weighted by Crippen LogP contribution is -2.31. The quantitative estimate of drug-likeness (QED) is 0.324. The highest BCUT2D eigenvalue weighted by molar-refractivity contribution is 6.32. The number of nitrogens with zero attached hydrogens (tertiary/aromatic N) is 2. The normalized spacial score (nSPS) is 13.0. The van der Waals surface area contributed by atoms with Crippen LogP contribution in [-0.4, -0.2) is 37.9 Å². The Morgan fingerprint density at radius 2 is 1.70 bits per heavy atom. The van der Waals surface area contributed by atoms with Gasteiger partial charge in [-0.2, -0.15) is 0 Å². The van der Waals surface area contributed by atoms with E-state index in [0.29, 0.717) is 34.5 Å². The number of fused-ring (bicyclic) bond motifs is 1. The predicted molar refractivity (Wildman–Crippen MR) is 146 cm³/mol. The van der Waals surface area contributed by atoms with Gasteiger partial charge in [0.15, 0.2) is 0 Å². The maximum Gasteiger partial charge on any atom is 0.412 e. The molecular weight excluding hydrogens is 494 g/mol. The van der Waals surface area contributed by atoms with Crippen LogP contribution in [0.5, 0.6) is 5.75 Å². The van der Waals surface area contributed by atoms with E-state index in [4.69, 9.17) is 26.1 Å². The van der Waals surface area contributed by atoms with Crippen LogP contribution in [0.4, 0.5) is 10.5 Å². The predicted octanol–water partition coefficient (Wildman–Crippen LogP) is 7.34. The van der Waals surface area contributed by atoms with Crippen molar-refractivity contribution in [2.24, 2.45) is 5.92 Å². The van der Waals surface area contributed by atoms with Crippen molar-refractivity contribution in [3.05, 3.63) is 41.4 Å².